The third-order valence-corrected chi connectivity index (χ3v) is 3.12. The van der Waals surface area contributed by atoms with E-state index in [1.54, 1.807) is 42.5 Å². The molecule has 2 aromatic rings. The van der Waals surface area contributed by atoms with Crippen molar-refractivity contribution in [1.29, 1.82) is 0 Å². The number of carbonyl (C=O) groups excluding carboxylic acids is 1. The Morgan fingerprint density at radius 1 is 1.09 bits per heavy atom. The maximum Gasteiger partial charge on any atom is 0.315 e. The van der Waals surface area contributed by atoms with E-state index in [2.05, 4.69) is 10.6 Å². The molecule has 0 spiro atoms. The zero-order valence-electron chi connectivity index (χ0n) is 11.8. The molecule has 0 fully saturated rings. The molecule has 116 valence electrons. The van der Waals surface area contributed by atoms with Crippen molar-refractivity contribution < 1.29 is 13.9 Å². The van der Waals surface area contributed by atoms with Crippen LogP contribution in [0.15, 0.2) is 48.5 Å². The van der Waals surface area contributed by atoms with Gasteiger partial charge >= 0.3 is 6.03 Å². The van der Waals surface area contributed by atoms with Gasteiger partial charge in [0.2, 0.25) is 0 Å². The molecule has 2 rings (SSSR count). The molecule has 0 atom stereocenters. The summed E-state index contributed by atoms with van der Waals surface area (Å²) in [6.45, 7) is 0.803. The predicted octanol–water partition coefficient (Wildman–Crippen LogP) is 3.36. The van der Waals surface area contributed by atoms with Crippen LogP contribution in [0.3, 0.4) is 0 Å². The lowest BCUT2D eigenvalue weighted by molar-refractivity contribution is 0.236. The topological polar surface area (TPSA) is 50.4 Å². The first-order valence-corrected chi connectivity index (χ1v) is 7.16. The van der Waals surface area contributed by atoms with E-state index < -0.39 is 0 Å². The van der Waals surface area contributed by atoms with Crippen molar-refractivity contribution in [3.05, 3.63) is 64.9 Å². The van der Waals surface area contributed by atoms with Crippen molar-refractivity contribution in [3.8, 4) is 5.75 Å². The molecule has 22 heavy (non-hydrogen) atoms. The molecule has 0 saturated carbocycles. The summed E-state index contributed by atoms with van der Waals surface area (Å²) in [5.41, 5.74) is 0.440. The standard InChI is InChI=1S/C16H16ClFN2O2/c17-13-5-7-14(8-6-13)22-10-9-19-16(21)20-11-12-3-1-2-4-15(12)18/h1-8H,9-11H2,(H2,19,20,21). The highest BCUT2D eigenvalue weighted by atomic mass is 35.5. The van der Waals surface area contributed by atoms with E-state index in [4.69, 9.17) is 16.3 Å². The number of hydrogen-bond acceptors (Lipinski definition) is 2. The lowest BCUT2D eigenvalue weighted by atomic mass is 10.2. The smallest absolute Gasteiger partial charge is 0.315 e. The van der Waals surface area contributed by atoms with Crippen molar-refractivity contribution in [2.45, 2.75) is 6.54 Å². The van der Waals surface area contributed by atoms with Crippen LogP contribution in [0.5, 0.6) is 5.75 Å². The van der Waals surface area contributed by atoms with E-state index in [1.165, 1.54) is 6.07 Å². The Hall–Kier alpha value is -2.27. The third-order valence-electron chi connectivity index (χ3n) is 2.87. The molecule has 4 nitrogen and oxygen atoms in total. The van der Waals surface area contributed by atoms with Gasteiger partial charge in [-0.3, -0.25) is 0 Å². The summed E-state index contributed by atoms with van der Waals surface area (Å²) in [4.78, 5) is 11.6. The zero-order valence-corrected chi connectivity index (χ0v) is 12.6. The average molecular weight is 323 g/mol. The van der Waals surface area contributed by atoms with Crippen molar-refractivity contribution in [2.24, 2.45) is 0 Å². The molecule has 2 aromatic carbocycles. The van der Waals surface area contributed by atoms with Crippen LogP contribution >= 0.6 is 11.6 Å². The molecule has 0 radical (unpaired) electrons. The first-order chi connectivity index (χ1) is 10.6. The molecular weight excluding hydrogens is 307 g/mol. The fourth-order valence-electron chi connectivity index (χ4n) is 1.74. The molecular formula is C16H16ClFN2O2. The molecule has 6 heteroatoms. The van der Waals surface area contributed by atoms with Crippen molar-refractivity contribution in [1.82, 2.24) is 10.6 Å². The van der Waals surface area contributed by atoms with Crippen molar-refractivity contribution in [2.75, 3.05) is 13.2 Å². The van der Waals surface area contributed by atoms with Gasteiger partial charge in [0.15, 0.2) is 0 Å². The van der Waals surface area contributed by atoms with E-state index in [9.17, 15) is 9.18 Å². The largest absolute Gasteiger partial charge is 0.492 e. The summed E-state index contributed by atoms with van der Waals surface area (Å²) in [5.74, 6) is 0.340. The molecule has 2 amide bonds. The highest BCUT2D eigenvalue weighted by Gasteiger charge is 2.03. The van der Waals surface area contributed by atoms with Crippen LogP contribution in [0, 0.1) is 5.82 Å². The number of halogens is 2. The molecule has 0 heterocycles. The van der Waals surface area contributed by atoms with E-state index in [0.717, 1.165) is 0 Å². The van der Waals surface area contributed by atoms with Gasteiger partial charge in [0, 0.05) is 17.1 Å². The Kier molecular flexibility index (Phi) is 6.03. The van der Waals surface area contributed by atoms with Gasteiger partial charge in [-0.1, -0.05) is 29.8 Å². The van der Waals surface area contributed by atoms with Crippen molar-refractivity contribution in [3.63, 3.8) is 0 Å². The van der Waals surface area contributed by atoms with Crippen molar-refractivity contribution >= 4 is 17.6 Å². The second-order valence-corrected chi connectivity index (χ2v) is 4.94. The summed E-state index contributed by atoms with van der Waals surface area (Å²) in [6.07, 6.45) is 0. The molecule has 0 unspecified atom stereocenters. The summed E-state index contributed by atoms with van der Waals surface area (Å²) in [7, 11) is 0. The number of hydrogen-bond donors (Lipinski definition) is 2. The summed E-state index contributed by atoms with van der Waals surface area (Å²) < 4.78 is 18.8. The highest BCUT2D eigenvalue weighted by Crippen LogP contribution is 2.15. The quantitative estimate of drug-likeness (QED) is 0.801. The van der Waals surface area contributed by atoms with Crippen LogP contribution in [-0.2, 0) is 6.54 Å². The van der Waals surface area contributed by atoms with E-state index in [0.29, 0.717) is 29.5 Å². The second-order valence-electron chi connectivity index (χ2n) is 4.50. The van der Waals surface area contributed by atoms with Crippen LogP contribution in [0.25, 0.3) is 0 Å². The average Bonchev–Trinajstić information content (AvgIpc) is 2.52. The maximum atomic E-state index is 13.4. The lowest BCUT2D eigenvalue weighted by Crippen LogP contribution is -2.37. The maximum absolute atomic E-state index is 13.4. The van der Waals surface area contributed by atoms with Crippen LogP contribution in [0.2, 0.25) is 5.02 Å². The Morgan fingerprint density at radius 3 is 2.55 bits per heavy atom. The monoisotopic (exact) mass is 322 g/mol. The molecule has 2 N–H and O–H groups in total. The minimum Gasteiger partial charge on any atom is -0.492 e. The molecule has 0 aliphatic carbocycles. The Bertz CT molecular complexity index is 620. The molecule has 0 aromatic heterocycles. The van der Waals surface area contributed by atoms with E-state index >= 15 is 0 Å². The minimum atomic E-state index is -0.372. The van der Waals surface area contributed by atoms with Gasteiger partial charge in [-0.2, -0.15) is 0 Å². The van der Waals surface area contributed by atoms with Gasteiger partial charge in [0.05, 0.1) is 6.54 Å². The Morgan fingerprint density at radius 2 is 1.82 bits per heavy atom. The SMILES string of the molecule is O=C(NCCOc1ccc(Cl)cc1)NCc1ccccc1F. The van der Waals surface area contributed by atoms with Gasteiger partial charge in [0.1, 0.15) is 18.2 Å². The fourth-order valence-corrected chi connectivity index (χ4v) is 1.87. The van der Waals surface area contributed by atoms with Gasteiger partial charge in [-0.25, -0.2) is 9.18 Å². The number of rotatable bonds is 6. The number of benzene rings is 2. The van der Waals surface area contributed by atoms with Crippen LogP contribution in [-0.4, -0.2) is 19.2 Å². The van der Waals surface area contributed by atoms with Crippen LogP contribution in [0.1, 0.15) is 5.56 Å². The summed E-state index contributed by atoms with van der Waals surface area (Å²) in [5, 5.41) is 5.85. The van der Waals surface area contributed by atoms with Gasteiger partial charge in [0.25, 0.3) is 0 Å². The first kappa shape index (κ1) is 16.1. The molecule has 0 aliphatic heterocycles. The number of carbonyl (C=O) groups is 1. The number of amides is 2. The van der Waals surface area contributed by atoms with Gasteiger partial charge in [-0.15, -0.1) is 0 Å². The third kappa shape index (κ3) is 5.26. The molecule has 0 aliphatic rings. The lowest BCUT2D eigenvalue weighted by Gasteiger charge is -2.09. The second kappa shape index (κ2) is 8.24. The Balaban J connectivity index is 1.64. The molecule has 0 bridgehead atoms. The number of urea groups is 1. The predicted molar refractivity (Wildman–Crippen MR) is 83.6 cm³/mol. The summed E-state index contributed by atoms with van der Waals surface area (Å²) in [6, 6.07) is 12.9. The Labute approximate surface area is 133 Å². The van der Waals surface area contributed by atoms with Crippen LogP contribution in [0.4, 0.5) is 9.18 Å². The summed E-state index contributed by atoms with van der Waals surface area (Å²) >= 11 is 5.76. The number of ether oxygens (including phenoxy) is 1. The highest BCUT2D eigenvalue weighted by molar-refractivity contribution is 6.30. The van der Waals surface area contributed by atoms with E-state index in [-0.39, 0.29) is 18.4 Å². The van der Waals surface area contributed by atoms with Crippen LogP contribution < -0.4 is 15.4 Å². The number of nitrogens with one attached hydrogen (secondary N) is 2. The van der Waals surface area contributed by atoms with Gasteiger partial charge in [-0.05, 0) is 30.3 Å². The molecule has 0 saturated heterocycles. The first-order valence-electron chi connectivity index (χ1n) is 6.78. The minimum absolute atomic E-state index is 0.135. The fraction of sp³-hybridized carbons (Fsp3) is 0.188. The van der Waals surface area contributed by atoms with E-state index in [1.807, 2.05) is 0 Å². The normalized spacial score (nSPS) is 10.1. The zero-order chi connectivity index (χ0) is 15.8. The van der Waals surface area contributed by atoms with Gasteiger partial charge < -0.3 is 15.4 Å².